The third kappa shape index (κ3) is 18.3. The summed E-state index contributed by atoms with van der Waals surface area (Å²) in [7, 11) is 2.10. The van der Waals surface area contributed by atoms with Gasteiger partial charge in [-0.05, 0) is 46.1 Å². The lowest BCUT2D eigenvalue weighted by Crippen LogP contribution is -2.24. The number of rotatable bonds is 7. The van der Waals surface area contributed by atoms with Crippen molar-refractivity contribution in [3.63, 3.8) is 0 Å². The maximum atomic E-state index is 5.35. The van der Waals surface area contributed by atoms with Gasteiger partial charge in [-0.2, -0.15) is 0 Å². The van der Waals surface area contributed by atoms with Crippen LogP contribution >= 0.6 is 23.2 Å². The van der Waals surface area contributed by atoms with Crippen LogP contribution in [0, 0.1) is 0 Å². The van der Waals surface area contributed by atoms with Gasteiger partial charge in [0.15, 0.2) is 0 Å². The molecule has 0 saturated carbocycles. The van der Waals surface area contributed by atoms with E-state index in [4.69, 9.17) is 34.7 Å². The smallest absolute Gasteiger partial charge is 0.0359 e. The second-order valence-electron chi connectivity index (χ2n) is 2.97. The number of nitrogens with two attached hydrogens (primary N) is 2. The van der Waals surface area contributed by atoms with Crippen LogP contribution in [0.2, 0.25) is 0 Å². The summed E-state index contributed by atoms with van der Waals surface area (Å²) in [5.41, 5.74) is 10.7. The molecular weight excluding hydrogens is 221 g/mol. The van der Waals surface area contributed by atoms with Gasteiger partial charge in [0.2, 0.25) is 0 Å². The first-order valence-electron chi connectivity index (χ1n) is 4.93. The minimum absolute atomic E-state index is 0.557. The predicted octanol–water partition coefficient (Wildman–Crippen LogP) is 1.08. The highest BCUT2D eigenvalue weighted by molar-refractivity contribution is 6.25. The Labute approximate surface area is 97.7 Å². The molecule has 4 N–H and O–H groups in total. The molecule has 0 aromatic heterocycles. The van der Waals surface area contributed by atoms with Gasteiger partial charge in [0.05, 0.1) is 0 Å². The second-order valence-corrected chi connectivity index (χ2v) is 3.72. The first-order chi connectivity index (χ1) is 6.72. The Kier molecular flexibility index (Phi) is 19.2. The lowest BCUT2D eigenvalue weighted by molar-refractivity contribution is 0.329. The van der Waals surface area contributed by atoms with E-state index in [1.54, 1.807) is 0 Å². The molecule has 5 heteroatoms. The van der Waals surface area contributed by atoms with Crippen LogP contribution in [0.3, 0.4) is 0 Å². The van der Waals surface area contributed by atoms with Gasteiger partial charge < -0.3 is 16.4 Å². The predicted molar refractivity (Wildman–Crippen MR) is 66.3 cm³/mol. The molecule has 0 atom stereocenters. The van der Waals surface area contributed by atoms with Crippen molar-refractivity contribution in [3.05, 3.63) is 0 Å². The minimum Gasteiger partial charge on any atom is -0.330 e. The summed E-state index contributed by atoms with van der Waals surface area (Å²) in [6, 6.07) is 0. The van der Waals surface area contributed by atoms with E-state index >= 15 is 0 Å². The molecule has 0 aliphatic carbocycles. The minimum atomic E-state index is 0.557. The Morgan fingerprint density at radius 1 is 0.929 bits per heavy atom. The van der Waals surface area contributed by atoms with Crippen LogP contribution in [0.15, 0.2) is 0 Å². The Hall–Kier alpha value is 0.460. The molecule has 0 radical (unpaired) electrons. The summed E-state index contributed by atoms with van der Waals surface area (Å²) in [4.78, 5) is 2.26. The molecule has 0 bridgehead atoms. The summed E-state index contributed by atoms with van der Waals surface area (Å²) in [6.45, 7) is 3.76. The Morgan fingerprint density at radius 3 is 1.50 bits per heavy atom. The van der Waals surface area contributed by atoms with Crippen molar-refractivity contribution in [2.75, 3.05) is 45.0 Å². The van der Waals surface area contributed by atoms with Crippen LogP contribution in [-0.2, 0) is 0 Å². The lowest BCUT2D eigenvalue weighted by atomic mass is 10.3. The van der Waals surface area contributed by atoms with Gasteiger partial charge in [0.25, 0.3) is 0 Å². The van der Waals surface area contributed by atoms with E-state index in [0.717, 1.165) is 39.0 Å². The monoisotopic (exact) mass is 243 g/mol. The van der Waals surface area contributed by atoms with Crippen molar-refractivity contribution >= 4 is 23.2 Å². The highest BCUT2D eigenvalue weighted by Crippen LogP contribution is 1.87. The maximum Gasteiger partial charge on any atom is 0.0359 e. The van der Waals surface area contributed by atoms with Crippen molar-refractivity contribution in [2.45, 2.75) is 12.8 Å². The molecular formula is C9H23Cl2N3. The van der Waals surface area contributed by atoms with E-state index in [1.165, 1.54) is 0 Å². The Morgan fingerprint density at radius 2 is 1.29 bits per heavy atom. The summed E-state index contributed by atoms with van der Waals surface area (Å²) in [5.74, 6) is 1.11. The van der Waals surface area contributed by atoms with Crippen LogP contribution in [0.1, 0.15) is 12.8 Å². The van der Waals surface area contributed by atoms with Crippen LogP contribution in [0.5, 0.6) is 0 Å². The Bertz CT molecular complexity index is 84.1. The molecule has 14 heavy (non-hydrogen) atoms. The Balaban J connectivity index is 0. The molecule has 0 spiro atoms. The molecule has 0 aromatic carbocycles. The summed E-state index contributed by atoms with van der Waals surface area (Å²) in [5, 5.41) is 0. The van der Waals surface area contributed by atoms with Gasteiger partial charge >= 0.3 is 0 Å². The third-order valence-electron chi connectivity index (χ3n) is 1.56. The summed E-state index contributed by atoms with van der Waals surface area (Å²) < 4.78 is 0. The van der Waals surface area contributed by atoms with Crippen molar-refractivity contribution in [1.82, 2.24) is 4.90 Å². The average Bonchev–Trinajstić information content (AvgIpc) is 2.23. The van der Waals surface area contributed by atoms with Crippen molar-refractivity contribution in [3.8, 4) is 0 Å². The normalized spacial score (nSPS) is 9.86. The molecule has 0 unspecified atom stereocenters. The third-order valence-corrected chi connectivity index (χ3v) is 2.13. The molecule has 88 valence electrons. The van der Waals surface area contributed by atoms with Gasteiger partial charge in [-0.1, -0.05) is 0 Å². The standard InChI is InChI=1S/C7H19N3.C2H4Cl2/c1-10(6-2-4-8)7-3-5-9;3-1-2-4/h2-9H2,1H3;1-2H2. The van der Waals surface area contributed by atoms with E-state index < -0.39 is 0 Å². The fourth-order valence-corrected chi connectivity index (χ4v) is 0.834. The van der Waals surface area contributed by atoms with Crippen LogP contribution in [-0.4, -0.2) is 49.9 Å². The zero-order chi connectivity index (χ0) is 11.2. The molecule has 0 amide bonds. The van der Waals surface area contributed by atoms with E-state index in [0.29, 0.717) is 11.8 Å². The van der Waals surface area contributed by atoms with Gasteiger partial charge in [0.1, 0.15) is 0 Å². The van der Waals surface area contributed by atoms with Crippen molar-refractivity contribution in [1.29, 1.82) is 0 Å². The number of alkyl halides is 2. The lowest BCUT2D eigenvalue weighted by Gasteiger charge is -2.14. The van der Waals surface area contributed by atoms with Crippen LogP contribution in [0.4, 0.5) is 0 Å². The summed E-state index contributed by atoms with van der Waals surface area (Å²) in [6.07, 6.45) is 2.17. The highest BCUT2D eigenvalue weighted by atomic mass is 35.5. The molecule has 0 saturated heterocycles. The maximum absolute atomic E-state index is 5.35. The second kappa shape index (κ2) is 15.9. The molecule has 3 nitrogen and oxygen atoms in total. The van der Waals surface area contributed by atoms with E-state index in [-0.39, 0.29) is 0 Å². The quantitative estimate of drug-likeness (QED) is 0.659. The molecule has 0 aliphatic rings. The van der Waals surface area contributed by atoms with Gasteiger partial charge in [-0.3, -0.25) is 0 Å². The van der Waals surface area contributed by atoms with Crippen molar-refractivity contribution in [2.24, 2.45) is 11.5 Å². The molecule has 0 heterocycles. The van der Waals surface area contributed by atoms with Crippen molar-refractivity contribution < 1.29 is 0 Å². The molecule has 0 rings (SSSR count). The highest BCUT2D eigenvalue weighted by Gasteiger charge is 1.94. The van der Waals surface area contributed by atoms with Crippen LogP contribution < -0.4 is 11.5 Å². The number of hydrogen-bond acceptors (Lipinski definition) is 3. The van der Waals surface area contributed by atoms with Gasteiger partial charge in [-0.25, -0.2) is 0 Å². The van der Waals surface area contributed by atoms with Gasteiger partial charge in [-0.15, -0.1) is 23.2 Å². The first-order valence-corrected chi connectivity index (χ1v) is 6.00. The number of nitrogens with zero attached hydrogens (tertiary/aromatic N) is 1. The zero-order valence-electron chi connectivity index (χ0n) is 9.01. The number of halogens is 2. The topological polar surface area (TPSA) is 55.3 Å². The molecule has 0 aromatic rings. The average molecular weight is 244 g/mol. The number of hydrogen-bond donors (Lipinski definition) is 2. The zero-order valence-corrected chi connectivity index (χ0v) is 10.5. The SMILES string of the molecule is CN(CCCN)CCCN.ClCCCl. The van der Waals surface area contributed by atoms with E-state index in [9.17, 15) is 0 Å². The van der Waals surface area contributed by atoms with E-state index in [2.05, 4.69) is 11.9 Å². The largest absolute Gasteiger partial charge is 0.330 e. The summed E-state index contributed by atoms with van der Waals surface area (Å²) >= 11 is 10.1. The molecule has 0 fully saturated rings. The molecule has 0 aliphatic heterocycles. The van der Waals surface area contributed by atoms with E-state index in [1.807, 2.05) is 0 Å². The fourth-order valence-electron chi connectivity index (χ4n) is 0.834. The first kappa shape index (κ1) is 16.9. The van der Waals surface area contributed by atoms with Crippen LogP contribution in [0.25, 0.3) is 0 Å². The fraction of sp³-hybridized carbons (Fsp3) is 1.00. The van der Waals surface area contributed by atoms with Gasteiger partial charge in [0, 0.05) is 11.8 Å².